The van der Waals surface area contributed by atoms with E-state index in [2.05, 4.69) is 10.3 Å². The van der Waals surface area contributed by atoms with Crippen LogP contribution in [0.3, 0.4) is 0 Å². The molecule has 1 aliphatic rings. The third kappa shape index (κ3) is 3.49. The Balaban J connectivity index is 1.82. The van der Waals surface area contributed by atoms with Gasteiger partial charge in [-0.15, -0.1) is 0 Å². The van der Waals surface area contributed by atoms with Gasteiger partial charge in [0.25, 0.3) is 5.91 Å². The molecule has 3 rings (SSSR count). The lowest BCUT2D eigenvalue weighted by atomic mass is 10.0. The molecule has 1 N–H and O–H groups in total. The quantitative estimate of drug-likeness (QED) is 0.942. The average Bonchev–Trinajstić information content (AvgIpc) is 3.02. The normalized spacial score (nSPS) is 17.3. The van der Waals surface area contributed by atoms with Crippen LogP contribution in [-0.4, -0.2) is 40.1 Å². The Bertz CT molecular complexity index is 564. The molecule has 0 unspecified atom stereocenters. The Hall–Kier alpha value is -1.72. The standard InChI is InChI=1S/C16H19N3OS/c20-16(17-19-8-4-5-9-19)15(14-6-2-1-3-7-14)18-10-12-21-13-11-18/h1-9,15H,10-13H2,(H,17,20)/t15-/m0/s1. The van der Waals surface area contributed by atoms with Crippen molar-refractivity contribution >= 4 is 17.7 Å². The van der Waals surface area contributed by atoms with Crippen molar-refractivity contribution in [3.8, 4) is 0 Å². The van der Waals surface area contributed by atoms with Crippen LogP contribution in [0, 0.1) is 0 Å². The highest BCUT2D eigenvalue weighted by Gasteiger charge is 2.28. The number of nitrogens with one attached hydrogen (secondary N) is 1. The fourth-order valence-corrected chi connectivity index (χ4v) is 3.53. The van der Waals surface area contributed by atoms with Crippen molar-refractivity contribution in [3.63, 3.8) is 0 Å². The molecule has 21 heavy (non-hydrogen) atoms. The van der Waals surface area contributed by atoms with E-state index < -0.39 is 0 Å². The minimum Gasteiger partial charge on any atom is -0.287 e. The Kier molecular flexibility index (Phi) is 4.62. The van der Waals surface area contributed by atoms with Gasteiger partial charge < -0.3 is 0 Å². The molecule has 1 saturated heterocycles. The number of benzene rings is 1. The molecule has 0 spiro atoms. The Morgan fingerprint density at radius 2 is 1.71 bits per heavy atom. The van der Waals surface area contributed by atoms with Gasteiger partial charge in [-0.05, 0) is 17.7 Å². The fraction of sp³-hybridized carbons (Fsp3) is 0.312. The van der Waals surface area contributed by atoms with Crippen molar-refractivity contribution in [2.24, 2.45) is 0 Å². The number of hydrogen-bond donors (Lipinski definition) is 1. The molecule has 0 saturated carbocycles. The van der Waals surface area contributed by atoms with E-state index in [0.717, 1.165) is 30.2 Å². The maximum Gasteiger partial charge on any atom is 0.260 e. The fourth-order valence-electron chi connectivity index (χ4n) is 2.60. The highest BCUT2D eigenvalue weighted by atomic mass is 32.2. The number of carbonyl (C=O) groups is 1. The van der Waals surface area contributed by atoms with E-state index in [1.54, 1.807) is 4.68 Å². The first-order valence-electron chi connectivity index (χ1n) is 7.15. The van der Waals surface area contributed by atoms with Gasteiger partial charge in [-0.25, -0.2) is 0 Å². The maximum absolute atomic E-state index is 12.7. The lowest BCUT2D eigenvalue weighted by Crippen LogP contribution is -2.43. The van der Waals surface area contributed by atoms with Gasteiger partial charge in [0.05, 0.1) is 0 Å². The van der Waals surface area contributed by atoms with Crippen LogP contribution in [0.5, 0.6) is 0 Å². The number of thioether (sulfide) groups is 1. The predicted octanol–water partition coefficient (Wildman–Crippen LogP) is 2.35. The van der Waals surface area contributed by atoms with E-state index in [1.807, 2.05) is 66.6 Å². The van der Waals surface area contributed by atoms with Crippen LogP contribution in [0.4, 0.5) is 0 Å². The minimum atomic E-state index is -0.227. The molecule has 1 amide bonds. The SMILES string of the molecule is O=C(Nn1cccc1)[C@H](c1ccccc1)N1CCSCC1. The van der Waals surface area contributed by atoms with Crippen molar-refractivity contribution in [3.05, 3.63) is 60.4 Å². The molecule has 1 aromatic carbocycles. The average molecular weight is 301 g/mol. The monoisotopic (exact) mass is 301 g/mol. The minimum absolute atomic E-state index is 0.0179. The summed E-state index contributed by atoms with van der Waals surface area (Å²) in [5, 5.41) is 0. The van der Waals surface area contributed by atoms with E-state index >= 15 is 0 Å². The number of hydrogen-bond acceptors (Lipinski definition) is 3. The largest absolute Gasteiger partial charge is 0.287 e. The summed E-state index contributed by atoms with van der Waals surface area (Å²) in [4.78, 5) is 15.0. The van der Waals surface area contributed by atoms with Gasteiger partial charge in [0, 0.05) is 37.0 Å². The van der Waals surface area contributed by atoms with Gasteiger partial charge in [-0.2, -0.15) is 11.8 Å². The first-order valence-corrected chi connectivity index (χ1v) is 8.30. The Labute approximate surface area is 129 Å². The number of nitrogens with zero attached hydrogens (tertiary/aromatic N) is 2. The van der Waals surface area contributed by atoms with Gasteiger partial charge in [0.2, 0.25) is 0 Å². The van der Waals surface area contributed by atoms with E-state index in [4.69, 9.17) is 0 Å². The first-order chi connectivity index (χ1) is 10.3. The first kappa shape index (κ1) is 14.2. The second-order valence-corrected chi connectivity index (χ2v) is 6.25. The molecule has 5 heteroatoms. The summed E-state index contributed by atoms with van der Waals surface area (Å²) in [7, 11) is 0. The van der Waals surface area contributed by atoms with Gasteiger partial charge in [-0.3, -0.25) is 19.8 Å². The lowest BCUT2D eigenvalue weighted by molar-refractivity contribution is -0.122. The molecule has 1 aliphatic heterocycles. The van der Waals surface area contributed by atoms with Crippen LogP contribution in [0.25, 0.3) is 0 Å². The summed E-state index contributed by atoms with van der Waals surface area (Å²) in [6.07, 6.45) is 3.68. The highest BCUT2D eigenvalue weighted by molar-refractivity contribution is 7.99. The third-order valence-corrected chi connectivity index (χ3v) is 4.56. The zero-order valence-corrected chi connectivity index (χ0v) is 12.6. The van der Waals surface area contributed by atoms with Crippen LogP contribution in [0.2, 0.25) is 0 Å². The van der Waals surface area contributed by atoms with Gasteiger partial charge >= 0.3 is 0 Å². The van der Waals surface area contributed by atoms with Gasteiger partial charge in [0.1, 0.15) is 6.04 Å². The zero-order chi connectivity index (χ0) is 14.5. The van der Waals surface area contributed by atoms with Crippen molar-refractivity contribution in [1.29, 1.82) is 0 Å². The second-order valence-electron chi connectivity index (χ2n) is 5.03. The van der Waals surface area contributed by atoms with Crippen molar-refractivity contribution in [2.45, 2.75) is 6.04 Å². The second kappa shape index (κ2) is 6.83. The molecule has 2 aromatic rings. The molecule has 0 bridgehead atoms. The summed E-state index contributed by atoms with van der Waals surface area (Å²) in [5.74, 6) is 2.18. The molecular weight excluding hydrogens is 282 g/mol. The highest BCUT2D eigenvalue weighted by Crippen LogP contribution is 2.24. The van der Waals surface area contributed by atoms with E-state index in [1.165, 1.54) is 0 Å². The van der Waals surface area contributed by atoms with E-state index in [-0.39, 0.29) is 11.9 Å². The maximum atomic E-state index is 12.7. The smallest absolute Gasteiger partial charge is 0.260 e. The van der Waals surface area contributed by atoms with E-state index in [0.29, 0.717) is 0 Å². The van der Waals surface area contributed by atoms with Crippen LogP contribution in [0.1, 0.15) is 11.6 Å². The molecule has 0 radical (unpaired) electrons. The number of amides is 1. The molecule has 1 fully saturated rings. The van der Waals surface area contributed by atoms with Crippen molar-refractivity contribution in [2.75, 3.05) is 30.0 Å². The Morgan fingerprint density at radius 3 is 2.38 bits per heavy atom. The van der Waals surface area contributed by atoms with E-state index in [9.17, 15) is 4.79 Å². The van der Waals surface area contributed by atoms with Crippen LogP contribution < -0.4 is 5.43 Å². The number of rotatable bonds is 4. The van der Waals surface area contributed by atoms with Crippen LogP contribution >= 0.6 is 11.8 Å². The van der Waals surface area contributed by atoms with Gasteiger partial charge in [0.15, 0.2) is 0 Å². The zero-order valence-electron chi connectivity index (χ0n) is 11.8. The lowest BCUT2D eigenvalue weighted by Gasteiger charge is -2.33. The molecule has 2 heterocycles. The number of carbonyl (C=O) groups excluding carboxylic acids is 1. The summed E-state index contributed by atoms with van der Waals surface area (Å²) in [6.45, 7) is 1.90. The molecule has 0 aliphatic carbocycles. The summed E-state index contributed by atoms with van der Waals surface area (Å²) < 4.78 is 1.71. The molecule has 110 valence electrons. The molecule has 4 nitrogen and oxygen atoms in total. The van der Waals surface area contributed by atoms with Gasteiger partial charge in [-0.1, -0.05) is 30.3 Å². The van der Waals surface area contributed by atoms with Crippen molar-refractivity contribution < 1.29 is 4.79 Å². The predicted molar refractivity (Wildman–Crippen MR) is 86.9 cm³/mol. The van der Waals surface area contributed by atoms with Crippen molar-refractivity contribution in [1.82, 2.24) is 9.58 Å². The summed E-state index contributed by atoms with van der Waals surface area (Å²) >= 11 is 1.95. The molecule has 1 aromatic heterocycles. The molecular formula is C16H19N3OS. The summed E-state index contributed by atoms with van der Waals surface area (Å²) in [5.41, 5.74) is 4.00. The molecule has 1 atom stereocenters. The van der Waals surface area contributed by atoms with Crippen LogP contribution in [-0.2, 0) is 4.79 Å². The topological polar surface area (TPSA) is 37.3 Å². The number of aromatic nitrogens is 1. The summed E-state index contributed by atoms with van der Waals surface area (Å²) in [6, 6.07) is 13.6. The van der Waals surface area contributed by atoms with Crippen LogP contribution in [0.15, 0.2) is 54.9 Å². The Morgan fingerprint density at radius 1 is 1.05 bits per heavy atom. The third-order valence-electron chi connectivity index (χ3n) is 3.62.